The number of aliphatic hydroxyl groups is 1. The maximum atomic E-state index is 13.0. The first-order valence-electron chi connectivity index (χ1n) is 11.4. The van der Waals surface area contributed by atoms with Crippen molar-refractivity contribution >= 4 is 67.5 Å². The highest BCUT2D eigenvalue weighted by Crippen LogP contribution is 2.35. The molecule has 1 aliphatic rings. The third-order valence-electron chi connectivity index (χ3n) is 6.04. The Hall–Kier alpha value is -2.86. The van der Waals surface area contributed by atoms with E-state index in [9.17, 15) is 18.3 Å². The van der Waals surface area contributed by atoms with Crippen molar-refractivity contribution < 1.29 is 18.3 Å². The molecule has 1 unspecified atom stereocenters. The van der Waals surface area contributed by atoms with Gasteiger partial charge in [-0.05, 0) is 49.2 Å². The zero-order chi connectivity index (χ0) is 26.2. The van der Waals surface area contributed by atoms with E-state index in [0.717, 1.165) is 30.5 Å². The van der Waals surface area contributed by atoms with E-state index >= 15 is 0 Å². The minimum absolute atomic E-state index is 0.0306. The summed E-state index contributed by atoms with van der Waals surface area (Å²) in [6, 6.07) is 9.85. The number of anilines is 4. The molecule has 13 heteroatoms. The SMILES string of the molecule is OCC1CCCN1c1nc(Nc2ccc(C(F)(F)F)cc2)c2nc(NCc3c(Cl)cccc3Cl)sc2n1. The monoisotopic (exact) mass is 568 g/mol. The Labute approximate surface area is 224 Å². The molecule has 0 aliphatic carbocycles. The molecule has 2 aromatic carbocycles. The number of rotatable bonds is 7. The predicted molar refractivity (Wildman–Crippen MR) is 141 cm³/mol. The van der Waals surface area contributed by atoms with Crippen LogP contribution in [0.5, 0.6) is 0 Å². The van der Waals surface area contributed by atoms with E-state index in [1.807, 2.05) is 4.90 Å². The molecule has 0 amide bonds. The second-order valence-corrected chi connectivity index (χ2v) is 10.3. The summed E-state index contributed by atoms with van der Waals surface area (Å²) < 4.78 is 39.0. The van der Waals surface area contributed by atoms with Crippen LogP contribution < -0.4 is 15.5 Å². The van der Waals surface area contributed by atoms with Gasteiger partial charge in [0.1, 0.15) is 5.52 Å². The van der Waals surface area contributed by atoms with E-state index in [2.05, 4.69) is 20.6 Å². The van der Waals surface area contributed by atoms with Crippen LogP contribution in [-0.2, 0) is 12.7 Å². The third-order valence-corrected chi connectivity index (χ3v) is 7.66. The first-order chi connectivity index (χ1) is 17.7. The summed E-state index contributed by atoms with van der Waals surface area (Å²) in [5, 5.41) is 17.7. The molecule has 5 rings (SSSR count). The number of hydrogen-bond acceptors (Lipinski definition) is 8. The molecule has 7 nitrogen and oxygen atoms in total. The Balaban J connectivity index is 1.49. The highest BCUT2D eigenvalue weighted by molar-refractivity contribution is 7.21. The van der Waals surface area contributed by atoms with E-state index in [1.165, 1.54) is 23.5 Å². The van der Waals surface area contributed by atoms with Gasteiger partial charge in [-0.25, -0.2) is 4.98 Å². The zero-order valence-corrected chi connectivity index (χ0v) is 21.5. The van der Waals surface area contributed by atoms with Gasteiger partial charge in [-0.15, -0.1) is 0 Å². The molecule has 1 atom stereocenters. The van der Waals surface area contributed by atoms with Crippen LogP contribution >= 0.6 is 34.5 Å². The Morgan fingerprint density at radius 2 is 1.78 bits per heavy atom. The summed E-state index contributed by atoms with van der Waals surface area (Å²) in [5.74, 6) is 0.770. The van der Waals surface area contributed by atoms with Gasteiger partial charge >= 0.3 is 6.18 Å². The highest BCUT2D eigenvalue weighted by atomic mass is 35.5. The minimum Gasteiger partial charge on any atom is -0.394 e. The topological polar surface area (TPSA) is 86.2 Å². The number of benzene rings is 2. The van der Waals surface area contributed by atoms with E-state index in [0.29, 0.717) is 56.1 Å². The summed E-state index contributed by atoms with van der Waals surface area (Å²) in [6.07, 6.45) is -2.72. The molecular weight excluding hydrogens is 548 g/mol. The van der Waals surface area contributed by atoms with Crippen molar-refractivity contribution in [1.82, 2.24) is 15.0 Å². The number of nitrogens with one attached hydrogen (secondary N) is 2. The second kappa shape index (κ2) is 10.5. The predicted octanol–water partition coefficient (Wildman–Crippen LogP) is 6.73. The van der Waals surface area contributed by atoms with Crippen molar-refractivity contribution in [3.05, 3.63) is 63.6 Å². The smallest absolute Gasteiger partial charge is 0.394 e. The number of fused-ring (bicyclic) bond motifs is 1. The Morgan fingerprint density at radius 1 is 1.05 bits per heavy atom. The summed E-state index contributed by atoms with van der Waals surface area (Å²) >= 11 is 13.9. The lowest BCUT2D eigenvalue weighted by atomic mass is 10.2. The fourth-order valence-corrected chi connectivity index (χ4v) is 5.50. The van der Waals surface area contributed by atoms with Gasteiger partial charge in [-0.1, -0.05) is 40.6 Å². The van der Waals surface area contributed by atoms with E-state index in [-0.39, 0.29) is 12.6 Å². The number of alkyl halides is 3. The molecule has 3 heterocycles. The molecule has 0 radical (unpaired) electrons. The summed E-state index contributed by atoms with van der Waals surface area (Å²) in [6.45, 7) is 0.988. The van der Waals surface area contributed by atoms with Crippen molar-refractivity contribution in [2.24, 2.45) is 0 Å². The first-order valence-corrected chi connectivity index (χ1v) is 13.0. The van der Waals surface area contributed by atoms with Gasteiger partial charge in [0.15, 0.2) is 15.8 Å². The molecule has 1 saturated heterocycles. The van der Waals surface area contributed by atoms with Crippen LogP contribution in [0.3, 0.4) is 0 Å². The number of aromatic nitrogens is 3. The van der Waals surface area contributed by atoms with Gasteiger partial charge < -0.3 is 20.6 Å². The van der Waals surface area contributed by atoms with Crippen LogP contribution in [0.1, 0.15) is 24.0 Å². The maximum Gasteiger partial charge on any atom is 0.416 e. The summed E-state index contributed by atoms with van der Waals surface area (Å²) in [5.41, 5.74) is 0.862. The van der Waals surface area contributed by atoms with Crippen LogP contribution in [0.25, 0.3) is 10.3 Å². The average Bonchev–Trinajstić information content (AvgIpc) is 3.50. The average molecular weight is 569 g/mol. The maximum absolute atomic E-state index is 13.0. The molecule has 1 fully saturated rings. The molecule has 0 saturated carbocycles. The highest BCUT2D eigenvalue weighted by Gasteiger charge is 2.30. The van der Waals surface area contributed by atoms with Crippen molar-refractivity contribution in [2.75, 3.05) is 28.7 Å². The lowest BCUT2D eigenvalue weighted by Gasteiger charge is -2.23. The molecule has 2 aromatic heterocycles. The fraction of sp³-hybridized carbons (Fsp3) is 0.292. The number of thiazole rings is 1. The van der Waals surface area contributed by atoms with E-state index in [4.69, 9.17) is 28.2 Å². The van der Waals surface area contributed by atoms with E-state index in [1.54, 1.807) is 18.2 Å². The zero-order valence-electron chi connectivity index (χ0n) is 19.2. The largest absolute Gasteiger partial charge is 0.416 e. The van der Waals surface area contributed by atoms with Crippen molar-refractivity contribution in [3.63, 3.8) is 0 Å². The normalized spacial score (nSPS) is 15.9. The van der Waals surface area contributed by atoms with E-state index < -0.39 is 11.7 Å². The molecule has 4 aromatic rings. The standard InChI is InChI=1S/C24H21Cl2F3N6OS/c25-17-4-1-5-18(26)16(17)11-30-23-32-19-20(31-14-8-6-13(7-9-14)24(27,28)29)33-22(34-21(19)37-23)35-10-2-3-15(35)12-36/h1,4-9,15,36H,2-3,10-12H2,(H,30,32)(H,31,33,34). The third kappa shape index (κ3) is 5.54. The van der Waals surface area contributed by atoms with Gasteiger partial charge in [0.2, 0.25) is 5.95 Å². The fourth-order valence-electron chi connectivity index (χ4n) is 4.14. The molecular formula is C24H21Cl2F3N6OS. The molecule has 3 N–H and O–H groups in total. The van der Waals surface area contributed by atoms with Crippen LogP contribution in [0.4, 0.5) is 35.8 Å². The number of nitrogens with zero attached hydrogens (tertiary/aromatic N) is 4. The first kappa shape index (κ1) is 25.8. The Bertz CT molecular complexity index is 1400. The summed E-state index contributed by atoms with van der Waals surface area (Å²) in [7, 11) is 0. The molecule has 0 bridgehead atoms. The Morgan fingerprint density at radius 3 is 2.46 bits per heavy atom. The van der Waals surface area contributed by atoms with Gasteiger partial charge in [0.25, 0.3) is 0 Å². The number of aliphatic hydroxyl groups excluding tert-OH is 1. The molecule has 194 valence electrons. The lowest BCUT2D eigenvalue weighted by molar-refractivity contribution is -0.137. The molecule has 1 aliphatic heterocycles. The molecule has 37 heavy (non-hydrogen) atoms. The van der Waals surface area contributed by atoms with Crippen LogP contribution in [0, 0.1) is 0 Å². The summed E-state index contributed by atoms with van der Waals surface area (Å²) in [4.78, 5) is 16.5. The van der Waals surface area contributed by atoms with Crippen LogP contribution in [0.2, 0.25) is 10.0 Å². The van der Waals surface area contributed by atoms with Crippen molar-refractivity contribution in [3.8, 4) is 0 Å². The minimum atomic E-state index is -4.43. The van der Waals surface area contributed by atoms with Gasteiger partial charge in [0, 0.05) is 34.4 Å². The second-order valence-electron chi connectivity index (χ2n) is 8.47. The quantitative estimate of drug-likeness (QED) is 0.228. The van der Waals surface area contributed by atoms with Gasteiger partial charge in [0.05, 0.1) is 18.2 Å². The number of hydrogen-bond donors (Lipinski definition) is 3. The Kier molecular flexibility index (Phi) is 7.30. The number of halogens is 5. The van der Waals surface area contributed by atoms with Gasteiger partial charge in [-0.3, -0.25) is 0 Å². The van der Waals surface area contributed by atoms with Gasteiger partial charge in [-0.2, -0.15) is 23.1 Å². The van der Waals surface area contributed by atoms with Crippen molar-refractivity contribution in [1.29, 1.82) is 0 Å². The lowest BCUT2D eigenvalue weighted by Crippen LogP contribution is -2.33. The van der Waals surface area contributed by atoms with Crippen molar-refractivity contribution in [2.45, 2.75) is 31.6 Å². The molecule has 0 spiro atoms. The van der Waals surface area contributed by atoms with Crippen LogP contribution in [0.15, 0.2) is 42.5 Å². The van der Waals surface area contributed by atoms with Crippen LogP contribution in [-0.4, -0.2) is 39.3 Å².